The zero-order valence-corrected chi connectivity index (χ0v) is 13.4. The first kappa shape index (κ1) is 14.9. The van der Waals surface area contributed by atoms with Crippen molar-refractivity contribution in [1.29, 1.82) is 0 Å². The van der Waals surface area contributed by atoms with E-state index in [1.807, 2.05) is 54.6 Å². The molecule has 24 heavy (non-hydrogen) atoms. The second-order valence-electron chi connectivity index (χ2n) is 5.83. The molecule has 0 fully saturated rings. The molecule has 0 aromatic heterocycles. The van der Waals surface area contributed by atoms with Crippen LogP contribution in [-0.4, -0.2) is 18.5 Å². The van der Waals surface area contributed by atoms with E-state index in [1.54, 1.807) is 0 Å². The number of benzene rings is 3. The second-order valence-corrected chi connectivity index (χ2v) is 5.83. The molecule has 3 aromatic rings. The highest BCUT2D eigenvalue weighted by molar-refractivity contribution is 6.10. The highest BCUT2D eigenvalue weighted by Crippen LogP contribution is 2.47. The van der Waals surface area contributed by atoms with Crippen molar-refractivity contribution in [2.45, 2.75) is 6.29 Å². The van der Waals surface area contributed by atoms with Gasteiger partial charge in [-0.2, -0.15) is 0 Å². The van der Waals surface area contributed by atoms with Crippen molar-refractivity contribution in [3.05, 3.63) is 95.6 Å². The zero-order chi connectivity index (χ0) is 16.5. The molecular weight excluding hydrogens is 296 g/mol. The largest absolute Gasteiger partial charge is 0.364 e. The molecule has 0 saturated carbocycles. The van der Waals surface area contributed by atoms with E-state index < -0.39 is 6.29 Å². The van der Waals surface area contributed by atoms with E-state index in [0.717, 1.165) is 27.8 Å². The maximum absolute atomic E-state index is 10.6. The van der Waals surface area contributed by atoms with Gasteiger partial charge >= 0.3 is 0 Å². The molecular formula is C22H18O2. The summed E-state index contributed by atoms with van der Waals surface area (Å²) in [5.41, 5.74) is 7.47. The van der Waals surface area contributed by atoms with Crippen molar-refractivity contribution in [3.63, 3.8) is 0 Å². The number of rotatable bonds is 3. The molecule has 0 spiro atoms. The van der Waals surface area contributed by atoms with E-state index in [4.69, 9.17) is 4.74 Å². The first-order valence-electron chi connectivity index (χ1n) is 8.01. The van der Waals surface area contributed by atoms with Crippen LogP contribution in [0.5, 0.6) is 0 Å². The number of aliphatic hydroxyl groups is 1. The lowest BCUT2D eigenvalue weighted by Crippen LogP contribution is -2.13. The summed E-state index contributed by atoms with van der Waals surface area (Å²) in [6.07, 6.45) is -0.985. The Labute approximate surface area is 141 Å². The summed E-state index contributed by atoms with van der Waals surface area (Å²) in [5.74, 6) is 0. The van der Waals surface area contributed by atoms with Gasteiger partial charge in [-0.25, -0.2) is 0 Å². The van der Waals surface area contributed by atoms with Gasteiger partial charge in [0, 0.05) is 12.7 Å². The highest BCUT2D eigenvalue weighted by atomic mass is 16.6. The van der Waals surface area contributed by atoms with Gasteiger partial charge in [-0.1, -0.05) is 78.9 Å². The minimum atomic E-state index is -0.985. The second kappa shape index (κ2) is 6.08. The Balaban J connectivity index is 2.09. The van der Waals surface area contributed by atoms with Crippen LogP contribution in [0.25, 0.3) is 22.3 Å². The van der Waals surface area contributed by atoms with E-state index in [1.165, 1.54) is 18.2 Å². The van der Waals surface area contributed by atoms with E-state index in [-0.39, 0.29) is 0 Å². The predicted octanol–water partition coefficient (Wildman–Crippen LogP) is 4.59. The molecule has 0 amide bonds. The highest BCUT2D eigenvalue weighted by Gasteiger charge is 2.28. The number of hydrogen-bond acceptors (Lipinski definition) is 2. The van der Waals surface area contributed by atoms with Crippen LogP contribution in [0, 0.1) is 0 Å². The molecule has 2 heteroatoms. The van der Waals surface area contributed by atoms with Crippen LogP contribution >= 0.6 is 0 Å². The molecule has 3 aromatic carbocycles. The molecule has 0 radical (unpaired) electrons. The van der Waals surface area contributed by atoms with Gasteiger partial charge in [0.25, 0.3) is 0 Å². The van der Waals surface area contributed by atoms with Crippen LogP contribution in [0.3, 0.4) is 0 Å². The lowest BCUT2D eigenvalue weighted by Gasteiger charge is -2.18. The van der Waals surface area contributed by atoms with Crippen molar-refractivity contribution in [2.75, 3.05) is 7.11 Å². The van der Waals surface area contributed by atoms with Crippen molar-refractivity contribution < 1.29 is 9.84 Å². The fourth-order valence-corrected chi connectivity index (χ4v) is 3.45. The van der Waals surface area contributed by atoms with Crippen LogP contribution in [-0.2, 0) is 4.74 Å². The number of fused-ring (bicyclic) bond motifs is 3. The van der Waals surface area contributed by atoms with E-state index in [0.29, 0.717) is 0 Å². The third-order valence-corrected chi connectivity index (χ3v) is 4.51. The van der Waals surface area contributed by atoms with Crippen LogP contribution < -0.4 is 0 Å². The average molecular weight is 314 g/mol. The molecule has 0 aliphatic heterocycles. The average Bonchev–Trinajstić information content (AvgIpc) is 2.98. The lowest BCUT2D eigenvalue weighted by molar-refractivity contribution is -0.0272. The molecule has 0 saturated heterocycles. The standard InChI is InChI=1S/C22H18O2/c1-24-22(23)20(15-9-3-2-4-10-15)21-18-13-7-5-11-16(18)17-12-6-8-14-19(17)21/h2-14,22-23H,1H3. The fraction of sp³-hybridized carbons (Fsp3) is 0.0909. The molecule has 0 bridgehead atoms. The van der Waals surface area contributed by atoms with Crippen molar-refractivity contribution >= 4 is 11.1 Å². The minimum Gasteiger partial charge on any atom is -0.364 e. The van der Waals surface area contributed by atoms with Crippen LogP contribution in [0.4, 0.5) is 0 Å². The third kappa shape index (κ3) is 2.28. The first-order valence-corrected chi connectivity index (χ1v) is 8.01. The molecule has 1 aliphatic rings. The Morgan fingerprint density at radius 2 is 1.17 bits per heavy atom. The van der Waals surface area contributed by atoms with Crippen LogP contribution in [0.15, 0.2) is 78.9 Å². The van der Waals surface area contributed by atoms with E-state index >= 15 is 0 Å². The van der Waals surface area contributed by atoms with Gasteiger partial charge in [-0.05, 0) is 33.4 Å². The minimum absolute atomic E-state index is 0.801. The zero-order valence-electron chi connectivity index (χ0n) is 13.4. The molecule has 1 unspecified atom stereocenters. The number of ether oxygens (including phenoxy) is 1. The van der Waals surface area contributed by atoms with Gasteiger partial charge in [0.05, 0.1) is 0 Å². The van der Waals surface area contributed by atoms with E-state index in [9.17, 15) is 5.11 Å². The molecule has 4 rings (SSSR count). The number of methoxy groups -OCH3 is 1. The predicted molar refractivity (Wildman–Crippen MR) is 97.3 cm³/mol. The van der Waals surface area contributed by atoms with Crippen molar-refractivity contribution in [3.8, 4) is 11.1 Å². The number of aliphatic hydroxyl groups excluding tert-OH is 1. The molecule has 2 nitrogen and oxygen atoms in total. The van der Waals surface area contributed by atoms with Gasteiger partial charge in [-0.15, -0.1) is 0 Å². The first-order chi connectivity index (χ1) is 11.8. The molecule has 1 aliphatic carbocycles. The Hall–Kier alpha value is -2.68. The maximum Gasteiger partial charge on any atom is 0.182 e. The summed E-state index contributed by atoms with van der Waals surface area (Å²) in [4.78, 5) is 0. The Morgan fingerprint density at radius 1 is 0.708 bits per heavy atom. The summed E-state index contributed by atoms with van der Waals surface area (Å²) in [6, 6.07) is 26.6. The summed E-state index contributed by atoms with van der Waals surface area (Å²) in [7, 11) is 1.53. The smallest absolute Gasteiger partial charge is 0.182 e. The Kier molecular flexibility index (Phi) is 3.77. The normalized spacial score (nSPS) is 13.3. The van der Waals surface area contributed by atoms with E-state index in [2.05, 4.69) is 24.3 Å². The van der Waals surface area contributed by atoms with Gasteiger partial charge in [0.1, 0.15) is 0 Å². The fourth-order valence-electron chi connectivity index (χ4n) is 3.45. The van der Waals surface area contributed by atoms with Gasteiger partial charge < -0.3 is 9.84 Å². The topological polar surface area (TPSA) is 29.5 Å². The molecule has 1 atom stereocenters. The quantitative estimate of drug-likeness (QED) is 0.560. The Bertz CT molecular complexity index is 863. The SMILES string of the molecule is COC(O)C(=C1c2ccccc2-c2ccccc21)c1ccccc1. The van der Waals surface area contributed by atoms with Crippen molar-refractivity contribution in [2.24, 2.45) is 0 Å². The molecule has 118 valence electrons. The van der Waals surface area contributed by atoms with Gasteiger partial charge in [-0.3, -0.25) is 0 Å². The van der Waals surface area contributed by atoms with Gasteiger partial charge in [0.15, 0.2) is 6.29 Å². The lowest BCUT2D eigenvalue weighted by atomic mass is 9.92. The van der Waals surface area contributed by atoms with Crippen LogP contribution in [0.2, 0.25) is 0 Å². The van der Waals surface area contributed by atoms with Gasteiger partial charge in [0.2, 0.25) is 0 Å². The van der Waals surface area contributed by atoms with Crippen molar-refractivity contribution in [1.82, 2.24) is 0 Å². The molecule has 1 N–H and O–H groups in total. The summed E-state index contributed by atoms with van der Waals surface area (Å²) in [5, 5.41) is 10.6. The van der Waals surface area contributed by atoms with Crippen LogP contribution in [0.1, 0.15) is 16.7 Å². The summed E-state index contributed by atoms with van der Waals surface area (Å²) < 4.78 is 5.31. The maximum atomic E-state index is 10.6. The monoisotopic (exact) mass is 314 g/mol. The summed E-state index contributed by atoms with van der Waals surface area (Å²) in [6.45, 7) is 0. The Morgan fingerprint density at radius 3 is 1.67 bits per heavy atom. The molecule has 0 heterocycles. The summed E-state index contributed by atoms with van der Waals surface area (Å²) >= 11 is 0. The third-order valence-electron chi connectivity index (χ3n) is 4.51. The number of hydrogen-bond donors (Lipinski definition) is 1.